The molecule has 1 fully saturated rings. The van der Waals surface area contributed by atoms with E-state index < -0.39 is 6.10 Å². The van der Waals surface area contributed by atoms with Gasteiger partial charge in [-0.2, -0.15) is 0 Å². The van der Waals surface area contributed by atoms with Crippen LogP contribution in [0.5, 0.6) is 16.7 Å². The number of carbonyl (C=O) groups excluding carboxylic acids is 1. The molecular weight excluding hydrogens is 424 g/mol. The number of likely N-dealkylation sites (tertiary alicyclic amines) is 1. The highest BCUT2D eigenvalue weighted by atomic mass is 32.1. The van der Waals surface area contributed by atoms with Gasteiger partial charge in [0.25, 0.3) is 11.1 Å². The first-order valence-electron chi connectivity index (χ1n) is 11.0. The molecule has 6 nitrogen and oxygen atoms in total. The zero-order chi connectivity index (χ0) is 22.2. The van der Waals surface area contributed by atoms with Gasteiger partial charge in [0.1, 0.15) is 22.5 Å². The van der Waals surface area contributed by atoms with Crippen LogP contribution in [0.3, 0.4) is 0 Å². The molecule has 5 rings (SSSR count). The first-order chi connectivity index (χ1) is 15.5. The summed E-state index contributed by atoms with van der Waals surface area (Å²) in [5.74, 6) is 1.48. The predicted octanol–water partition coefficient (Wildman–Crippen LogP) is 4.83. The van der Waals surface area contributed by atoms with Gasteiger partial charge in [0.05, 0.1) is 11.8 Å². The van der Waals surface area contributed by atoms with Crippen molar-refractivity contribution in [1.29, 1.82) is 0 Å². The summed E-state index contributed by atoms with van der Waals surface area (Å²) in [5.41, 5.74) is 4.25. The van der Waals surface area contributed by atoms with Crippen LogP contribution >= 0.6 is 11.3 Å². The molecule has 2 aliphatic heterocycles. The van der Waals surface area contributed by atoms with E-state index in [0.29, 0.717) is 41.0 Å². The quantitative estimate of drug-likeness (QED) is 0.617. The molecule has 0 saturated carbocycles. The molecule has 2 aromatic carbocycles. The number of hydrogen-bond donors (Lipinski definition) is 1. The number of β-amino-alcohol motifs (C(OH)–C–C–N with tert-alkyl or cyclic N) is 1. The summed E-state index contributed by atoms with van der Waals surface area (Å²) < 4.78 is 12.3. The van der Waals surface area contributed by atoms with Gasteiger partial charge in [-0.1, -0.05) is 35.6 Å². The second kappa shape index (κ2) is 8.56. The fraction of sp³-hybridized carbons (Fsp3) is 0.360. The molecule has 2 aliphatic rings. The minimum absolute atomic E-state index is 0.0646. The summed E-state index contributed by atoms with van der Waals surface area (Å²) in [6.45, 7) is 4.88. The zero-order valence-electron chi connectivity index (χ0n) is 18.2. The first-order valence-corrected chi connectivity index (χ1v) is 11.8. The summed E-state index contributed by atoms with van der Waals surface area (Å²) >= 11 is 1.25. The van der Waals surface area contributed by atoms with Crippen LogP contribution in [0, 0.1) is 13.8 Å². The normalized spacial score (nSPS) is 20.0. The molecule has 0 bridgehead atoms. The lowest BCUT2D eigenvalue weighted by Gasteiger charge is -2.27. The van der Waals surface area contributed by atoms with Crippen molar-refractivity contribution in [3.63, 3.8) is 0 Å². The minimum atomic E-state index is -0.439. The standard InChI is InChI=1S/C25H26N2O4S/c1-15-5-3-4-6-20(15)22-9-7-17-13-19(8-10-21(17)31-22)30-25-26-16(2)23(32-25)24(29)27-12-11-18(28)14-27/h3-6,8,10,13,18,22,28H,7,9,11-12,14H2,1-2H3/t18-,22?/m1/s1. The number of fused-ring (bicyclic) bond motifs is 1. The number of aliphatic hydroxyl groups excluding tert-OH is 1. The highest BCUT2D eigenvalue weighted by Crippen LogP contribution is 2.39. The molecule has 1 saturated heterocycles. The van der Waals surface area contributed by atoms with Gasteiger partial charge in [-0.15, -0.1) is 0 Å². The summed E-state index contributed by atoms with van der Waals surface area (Å²) in [7, 11) is 0. The largest absolute Gasteiger partial charge is 0.485 e. The van der Waals surface area contributed by atoms with Crippen LogP contribution in [0.2, 0.25) is 0 Å². The fourth-order valence-corrected chi connectivity index (χ4v) is 5.28. The van der Waals surface area contributed by atoms with Gasteiger partial charge < -0.3 is 19.5 Å². The van der Waals surface area contributed by atoms with E-state index in [2.05, 4.69) is 30.1 Å². The number of aryl methyl sites for hydroxylation is 3. The van der Waals surface area contributed by atoms with Gasteiger partial charge in [-0.05, 0) is 68.0 Å². The number of carbonyl (C=O) groups is 1. The maximum absolute atomic E-state index is 12.8. The van der Waals surface area contributed by atoms with Crippen LogP contribution in [-0.4, -0.2) is 40.1 Å². The van der Waals surface area contributed by atoms with Crippen molar-refractivity contribution < 1.29 is 19.4 Å². The van der Waals surface area contributed by atoms with Crippen molar-refractivity contribution in [2.75, 3.05) is 13.1 Å². The highest BCUT2D eigenvalue weighted by molar-refractivity contribution is 7.15. The van der Waals surface area contributed by atoms with Gasteiger partial charge in [0, 0.05) is 13.1 Å². The second-order valence-corrected chi connectivity index (χ2v) is 9.42. The number of benzene rings is 2. The number of amides is 1. The molecule has 32 heavy (non-hydrogen) atoms. The fourth-order valence-electron chi connectivity index (χ4n) is 4.38. The minimum Gasteiger partial charge on any atom is -0.485 e. The van der Waals surface area contributed by atoms with E-state index >= 15 is 0 Å². The molecule has 1 N–H and O–H groups in total. The number of aliphatic hydroxyl groups is 1. The van der Waals surface area contributed by atoms with Crippen molar-refractivity contribution in [3.8, 4) is 16.7 Å². The van der Waals surface area contributed by atoms with Gasteiger partial charge >= 0.3 is 0 Å². The van der Waals surface area contributed by atoms with E-state index in [1.165, 1.54) is 22.5 Å². The van der Waals surface area contributed by atoms with Gasteiger partial charge in [0.2, 0.25) is 0 Å². The van der Waals surface area contributed by atoms with Crippen molar-refractivity contribution in [2.45, 2.75) is 45.3 Å². The Morgan fingerprint density at radius 3 is 2.84 bits per heavy atom. The predicted molar refractivity (Wildman–Crippen MR) is 123 cm³/mol. The Morgan fingerprint density at radius 2 is 2.06 bits per heavy atom. The zero-order valence-corrected chi connectivity index (χ0v) is 19.0. The first kappa shape index (κ1) is 21.0. The van der Waals surface area contributed by atoms with Crippen LogP contribution in [-0.2, 0) is 6.42 Å². The van der Waals surface area contributed by atoms with Crippen molar-refractivity contribution in [3.05, 3.63) is 69.7 Å². The Balaban J connectivity index is 1.30. The summed E-state index contributed by atoms with van der Waals surface area (Å²) in [5, 5.41) is 10.2. The number of aromatic nitrogens is 1. The van der Waals surface area contributed by atoms with Gasteiger partial charge in [-0.25, -0.2) is 4.98 Å². The summed E-state index contributed by atoms with van der Waals surface area (Å²) in [6, 6.07) is 14.2. The molecule has 0 aliphatic carbocycles. The molecule has 3 heterocycles. The van der Waals surface area contributed by atoms with Crippen LogP contribution in [0.1, 0.15) is 51.0 Å². The maximum Gasteiger partial charge on any atom is 0.279 e. The molecular formula is C25H26N2O4S. The van der Waals surface area contributed by atoms with Crippen molar-refractivity contribution in [1.82, 2.24) is 9.88 Å². The Morgan fingerprint density at radius 1 is 1.22 bits per heavy atom. The van der Waals surface area contributed by atoms with E-state index in [-0.39, 0.29) is 12.0 Å². The number of rotatable bonds is 4. The second-order valence-electron chi connectivity index (χ2n) is 8.46. The molecule has 166 valence electrons. The number of thiazole rings is 1. The number of nitrogens with zero attached hydrogens (tertiary/aromatic N) is 2. The van der Waals surface area contributed by atoms with E-state index in [1.54, 1.807) is 4.90 Å². The van der Waals surface area contributed by atoms with Crippen LogP contribution in [0.15, 0.2) is 42.5 Å². The third-order valence-corrected chi connectivity index (χ3v) is 7.16. The summed E-state index contributed by atoms with van der Waals surface area (Å²) in [4.78, 5) is 19.4. The Bertz CT molecular complexity index is 1160. The van der Waals surface area contributed by atoms with Crippen molar-refractivity contribution in [2.24, 2.45) is 0 Å². The monoisotopic (exact) mass is 450 g/mol. The maximum atomic E-state index is 12.8. The lowest BCUT2D eigenvalue weighted by molar-refractivity contribution is 0.0768. The van der Waals surface area contributed by atoms with Crippen LogP contribution in [0.25, 0.3) is 0 Å². The lowest BCUT2D eigenvalue weighted by atomic mass is 9.95. The van der Waals surface area contributed by atoms with Crippen LogP contribution < -0.4 is 9.47 Å². The van der Waals surface area contributed by atoms with Gasteiger partial charge in [0.15, 0.2) is 0 Å². The topological polar surface area (TPSA) is 71.9 Å². The number of ether oxygens (including phenoxy) is 2. The molecule has 1 amide bonds. The number of hydrogen-bond acceptors (Lipinski definition) is 6. The average Bonchev–Trinajstić information content (AvgIpc) is 3.38. The summed E-state index contributed by atoms with van der Waals surface area (Å²) in [6.07, 6.45) is 2.07. The SMILES string of the molecule is Cc1ccccc1C1CCc2cc(Oc3nc(C)c(C(=O)N4CC[C@@H](O)C4)s3)ccc2O1. The highest BCUT2D eigenvalue weighted by Gasteiger charge is 2.29. The smallest absolute Gasteiger partial charge is 0.279 e. The lowest BCUT2D eigenvalue weighted by Crippen LogP contribution is -2.29. The molecule has 0 spiro atoms. The Kier molecular flexibility index (Phi) is 5.61. The van der Waals surface area contributed by atoms with E-state index in [0.717, 1.165) is 24.2 Å². The van der Waals surface area contributed by atoms with E-state index in [4.69, 9.17) is 9.47 Å². The average molecular weight is 451 g/mol. The van der Waals surface area contributed by atoms with Crippen molar-refractivity contribution >= 4 is 17.2 Å². The molecule has 0 radical (unpaired) electrons. The molecule has 7 heteroatoms. The van der Waals surface area contributed by atoms with Crippen LogP contribution in [0.4, 0.5) is 0 Å². The molecule has 3 aromatic rings. The third-order valence-electron chi connectivity index (χ3n) is 6.14. The van der Waals surface area contributed by atoms with E-state index in [1.807, 2.05) is 31.2 Å². The molecule has 2 atom stereocenters. The van der Waals surface area contributed by atoms with E-state index in [9.17, 15) is 9.90 Å². The molecule has 1 unspecified atom stereocenters. The Hall–Kier alpha value is -2.90. The van der Waals surface area contributed by atoms with Gasteiger partial charge in [-0.3, -0.25) is 4.79 Å². The Labute approximate surface area is 191 Å². The third kappa shape index (κ3) is 4.10. The molecule has 1 aromatic heterocycles.